The molecule has 0 aromatic rings. The predicted octanol–water partition coefficient (Wildman–Crippen LogP) is 2.53. The zero-order valence-electron chi connectivity index (χ0n) is 5.93. The van der Waals surface area contributed by atoms with Gasteiger partial charge in [-0.15, -0.1) is 0 Å². The minimum Gasteiger partial charge on any atom is -0.449 e. The second-order valence-corrected chi connectivity index (χ2v) is 2.96. The Morgan fingerprint density at radius 1 is 1.27 bits per heavy atom. The molecule has 62 valence electrons. The molecule has 1 saturated carbocycles. The molecule has 11 heavy (non-hydrogen) atoms. The maximum atomic E-state index is 12.1. The fraction of sp³-hybridized carbons (Fsp3) is 0.833. The van der Waals surface area contributed by atoms with E-state index in [0.29, 0.717) is 12.8 Å². The summed E-state index contributed by atoms with van der Waals surface area (Å²) in [6, 6.07) is 1.72. The van der Waals surface area contributed by atoms with Crippen LogP contribution >= 0.6 is 0 Å². The van der Waals surface area contributed by atoms with Crippen LogP contribution in [0.4, 0.5) is 12.9 Å². The largest absolute Gasteiger partial charge is 0.482 e. The number of halogens is 3. The number of hydrogen-bond acceptors (Lipinski definition) is 1. The lowest BCUT2D eigenvalue weighted by Gasteiger charge is -2.24. The molecule has 2 atom stereocenters. The molecule has 0 N–H and O–H groups in total. The van der Waals surface area contributed by atoms with Crippen LogP contribution in [0.3, 0.4) is 0 Å². The average molecular weight is 162 g/mol. The van der Waals surface area contributed by atoms with E-state index in [1.165, 1.54) is 0 Å². The second kappa shape index (κ2) is 2.76. The van der Waals surface area contributed by atoms with E-state index >= 15 is 0 Å². The van der Waals surface area contributed by atoms with Crippen molar-refractivity contribution in [3.8, 4) is 6.07 Å². The lowest BCUT2D eigenvalue weighted by molar-refractivity contribution is 0.415. The van der Waals surface area contributed by atoms with Crippen molar-refractivity contribution in [1.29, 1.82) is 5.26 Å². The van der Waals surface area contributed by atoms with Gasteiger partial charge in [0.1, 0.15) is 0 Å². The first-order valence-corrected chi connectivity index (χ1v) is 3.65. The van der Waals surface area contributed by atoms with Crippen LogP contribution in [0.5, 0.6) is 0 Å². The van der Waals surface area contributed by atoms with Crippen molar-refractivity contribution in [1.82, 2.24) is 0 Å². The Morgan fingerprint density at radius 3 is 2.27 bits per heavy atom. The SMILES string of the molecule is N#CC1CCCC1[B-](F)(F)F. The lowest BCUT2D eigenvalue weighted by atomic mass is 9.67. The summed E-state index contributed by atoms with van der Waals surface area (Å²) in [6.07, 6.45) is 1.12. The molecule has 0 aliphatic heterocycles. The molecule has 1 aliphatic rings. The van der Waals surface area contributed by atoms with Gasteiger partial charge in [0.2, 0.25) is 0 Å². The second-order valence-electron chi connectivity index (χ2n) is 2.96. The van der Waals surface area contributed by atoms with E-state index in [1.807, 2.05) is 0 Å². The highest BCUT2D eigenvalue weighted by Crippen LogP contribution is 2.44. The molecule has 1 fully saturated rings. The standard InChI is InChI=1S/C6H8BF3N/c8-7(9,10)6-3-1-2-5(6)4-11/h5-6H,1-3H2/q-1. The fourth-order valence-corrected chi connectivity index (χ4v) is 1.60. The van der Waals surface area contributed by atoms with Gasteiger partial charge >= 0.3 is 6.98 Å². The van der Waals surface area contributed by atoms with Crippen molar-refractivity contribution in [2.45, 2.75) is 25.1 Å². The number of nitrogens with zero attached hydrogens (tertiary/aromatic N) is 1. The summed E-state index contributed by atoms with van der Waals surface area (Å²) in [5.74, 6) is -2.07. The van der Waals surface area contributed by atoms with Crippen LogP contribution in [-0.4, -0.2) is 6.98 Å². The third-order valence-corrected chi connectivity index (χ3v) is 2.22. The fourth-order valence-electron chi connectivity index (χ4n) is 1.60. The Balaban J connectivity index is 2.66. The number of hydrogen-bond donors (Lipinski definition) is 0. The molecule has 0 spiro atoms. The molecule has 5 heteroatoms. The Hall–Kier alpha value is -0.655. The number of nitriles is 1. The van der Waals surface area contributed by atoms with Gasteiger partial charge in [-0.2, -0.15) is 5.26 Å². The molecule has 0 amide bonds. The maximum absolute atomic E-state index is 12.1. The topological polar surface area (TPSA) is 23.8 Å². The van der Waals surface area contributed by atoms with Gasteiger partial charge in [0.25, 0.3) is 0 Å². The summed E-state index contributed by atoms with van der Waals surface area (Å²) in [7, 11) is 0. The van der Waals surface area contributed by atoms with E-state index in [9.17, 15) is 12.9 Å². The summed E-state index contributed by atoms with van der Waals surface area (Å²) in [5.41, 5.74) is 0. The smallest absolute Gasteiger partial charge is 0.449 e. The molecule has 0 heterocycles. The van der Waals surface area contributed by atoms with Crippen LogP contribution in [0.1, 0.15) is 19.3 Å². The van der Waals surface area contributed by atoms with Gasteiger partial charge in [0.05, 0.1) is 6.07 Å². The maximum Gasteiger partial charge on any atom is 0.482 e. The molecule has 1 aliphatic carbocycles. The summed E-state index contributed by atoms with van der Waals surface area (Å²) < 4.78 is 36.3. The molecular formula is C6H8BF3N-. The molecule has 0 bridgehead atoms. The van der Waals surface area contributed by atoms with Crippen molar-refractivity contribution in [2.75, 3.05) is 0 Å². The van der Waals surface area contributed by atoms with Gasteiger partial charge < -0.3 is 12.9 Å². The molecule has 1 nitrogen and oxygen atoms in total. The first-order valence-electron chi connectivity index (χ1n) is 3.65. The van der Waals surface area contributed by atoms with Crippen molar-refractivity contribution in [3.63, 3.8) is 0 Å². The van der Waals surface area contributed by atoms with Gasteiger partial charge in [0.15, 0.2) is 0 Å². The highest BCUT2D eigenvalue weighted by molar-refractivity contribution is 6.60. The van der Waals surface area contributed by atoms with Crippen LogP contribution in [0.2, 0.25) is 5.82 Å². The third kappa shape index (κ3) is 1.68. The Labute approximate surface area is 63.3 Å². The first kappa shape index (κ1) is 8.44. The summed E-state index contributed by atoms with van der Waals surface area (Å²) >= 11 is 0. The zero-order valence-corrected chi connectivity index (χ0v) is 5.93. The van der Waals surface area contributed by atoms with E-state index in [1.54, 1.807) is 6.07 Å². The van der Waals surface area contributed by atoms with Gasteiger partial charge in [-0.25, -0.2) is 0 Å². The van der Waals surface area contributed by atoms with E-state index in [4.69, 9.17) is 5.26 Å². The third-order valence-electron chi connectivity index (χ3n) is 2.22. The van der Waals surface area contributed by atoms with E-state index in [-0.39, 0.29) is 6.42 Å². The minimum atomic E-state index is -4.78. The molecule has 2 unspecified atom stereocenters. The molecule has 0 aromatic heterocycles. The van der Waals surface area contributed by atoms with Crippen LogP contribution in [0.25, 0.3) is 0 Å². The number of rotatable bonds is 1. The van der Waals surface area contributed by atoms with Gasteiger partial charge in [-0.3, -0.25) is 0 Å². The first-order chi connectivity index (χ1) is 5.05. The van der Waals surface area contributed by atoms with Crippen molar-refractivity contribution >= 4 is 6.98 Å². The van der Waals surface area contributed by atoms with Crippen LogP contribution in [-0.2, 0) is 0 Å². The van der Waals surface area contributed by atoms with Crippen LogP contribution < -0.4 is 0 Å². The van der Waals surface area contributed by atoms with E-state index in [2.05, 4.69) is 0 Å². The van der Waals surface area contributed by atoms with Crippen LogP contribution in [0, 0.1) is 17.2 Å². The summed E-state index contributed by atoms with van der Waals surface area (Å²) in [6.45, 7) is -4.78. The Morgan fingerprint density at radius 2 is 1.91 bits per heavy atom. The van der Waals surface area contributed by atoms with Crippen molar-refractivity contribution in [2.24, 2.45) is 5.92 Å². The minimum absolute atomic E-state index is 0.154. The van der Waals surface area contributed by atoms with Gasteiger partial charge in [0, 0.05) is 5.92 Å². The molecule has 0 aromatic carbocycles. The average Bonchev–Trinajstić information content (AvgIpc) is 2.31. The highest BCUT2D eigenvalue weighted by Gasteiger charge is 2.42. The molecule has 0 saturated heterocycles. The van der Waals surface area contributed by atoms with Crippen molar-refractivity contribution in [3.05, 3.63) is 0 Å². The Kier molecular flexibility index (Phi) is 2.12. The summed E-state index contributed by atoms with van der Waals surface area (Å²) in [5, 5.41) is 8.36. The monoisotopic (exact) mass is 162 g/mol. The normalized spacial score (nSPS) is 31.8. The molecule has 0 radical (unpaired) electrons. The van der Waals surface area contributed by atoms with Crippen molar-refractivity contribution < 1.29 is 12.9 Å². The van der Waals surface area contributed by atoms with Crippen LogP contribution in [0.15, 0.2) is 0 Å². The predicted molar refractivity (Wildman–Crippen MR) is 35.8 cm³/mol. The zero-order chi connectivity index (χ0) is 8.48. The highest BCUT2D eigenvalue weighted by atomic mass is 19.4. The van der Waals surface area contributed by atoms with E-state index in [0.717, 1.165) is 0 Å². The molecular weight excluding hydrogens is 154 g/mol. The quantitative estimate of drug-likeness (QED) is 0.543. The van der Waals surface area contributed by atoms with Gasteiger partial charge in [-0.1, -0.05) is 18.7 Å². The van der Waals surface area contributed by atoms with E-state index < -0.39 is 18.7 Å². The summed E-state index contributed by atoms with van der Waals surface area (Å²) in [4.78, 5) is 0. The van der Waals surface area contributed by atoms with Gasteiger partial charge in [-0.05, 0) is 6.42 Å². The molecule has 1 rings (SSSR count). The Bertz CT molecular complexity index is 183. The lowest BCUT2D eigenvalue weighted by Crippen LogP contribution is -2.26.